The van der Waals surface area contributed by atoms with Crippen molar-refractivity contribution >= 4 is 40.3 Å². The van der Waals surface area contributed by atoms with Gasteiger partial charge in [-0.05, 0) is 64.5 Å². The van der Waals surface area contributed by atoms with Crippen LogP contribution >= 0.6 is 11.3 Å². The van der Waals surface area contributed by atoms with Gasteiger partial charge in [-0.3, -0.25) is 14.2 Å². The molecule has 0 fully saturated rings. The molecule has 2 aromatic carbocycles. The monoisotopic (exact) mass is 587 g/mol. The third kappa shape index (κ3) is 5.30. The first-order valence-corrected chi connectivity index (χ1v) is 14.8. The van der Waals surface area contributed by atoms with Crippen LogP contribution in [0.2, 0.25) is 0 Å². The maximum absolute atomic E-state index is 14.1. The summed E-state index contributed by atoms with van der Waals surface area (Å²) in [7, 11) is 0. The van der Waals surface area contributed by atoms with Gasteiger partial charge in [0, 0.05) is 22.2 Å². The van der Waals surface area contributed by atoms with Gasteiger partial charge in [-0.25, -0.2) is 9.79 Å². The predicted molar refractivity (Wildman–Crippen MR) is 161 cm³/mol. The first-order valence-electron chi connectivity index (χ1n) is 13.9. The van der Waals surface area contributed by atoms with E-state index >= 15 is 0 Å². The molecule has 0 saturated heterocycles. The molecule has 0 N–H and O–H groups in total. The molecule has 0 amide bonds. The standard InChI is InChI=1S/C32H33N3O6S/c1-6-39-22-15-13-21(14-16-22)29-28(31(38)41-8-3)19(4)33-32-35(29)30(37)26(42-32)17-24-20(5)34(18-27(36)40-7-2)25-12-10-9-11-23(24)25/h9-17,29H,6-8,18H2,1-5H3/b26-17-/t29-/m0/s1. The van der Waals surface area contributed by atoms with Crippen LogP contribution in [0.3, 0.4) is 0 Å². The van der Waals surface area contributed by atoms with Crippen molar-refractivity contribution in [1.82, 2.24) is 9.13 Å². The fourth-order valence-corrected chi connectivity index (χ4v) is 6.36. The number of nitrogens with zero attached hydrogens (tertiary/aromatic N) is 3. The van der Waals surface area contributed by atoms with E-state index in [0.717, 1.165) is 27.7 Å². The second-order valence-corrected chi connectivity index (χ2v) is 10.7. The number of hydrogen-bond acceptors (Lipinski definition) is 8. The molecule has 0 aliphatic carbocycles. The van der Waals surface area contributed by atoms with Crippen LogP contribution in [0, 0.1) is 6.92 Å². The fraction of sp³-hybridized carbons (Fsp3) is 0.312. The number of thiazole rings is 1. The lowest BCUT2D eigenvalue weighted by Crippen LogP contribution is -2.39. The molecule has 1 aliphatic rings. The highest BCUT2D eigenvalue weighted by molar-refractivity contribution is 7.07. The quantitative estimate of drug-likeness (QED) is 0.274. The van der Waals surface area contributed by atoms with E-state index in [9.17, 15) is 14.4 Å². The minimum atomic E-state index is -0.718. The first kappa shape index (κ1) is 29.1. The normalized spacial score (nSPS) is 15.0. The van der Waals surface area contributed by atoms with Gasteiger partial charge in [0.15, 0.2) is 4.80 Å². The van der Waals surface area contributed by atoms with Crippen molar-refractivity contribution in [3.63, 3.8) is 0 Å². The number of fused-ring (bicyclic) bond motifs is 2. The number of carbonyl (C=O) groups is 2. The largest absolute Gasteiger partial charge is 0.494 e. The number of carbonyl (C=O) groups excluding carboxylic acids is 2. The van der Waals surface area contributed by atoms with Crippen LogP contribution in [0.4, 0.5) is 0 Å². The zero-order valence-electron chi connectivity index (χ0n) is 24.3. The molecule has 0 unspecified atom stereocenters. The Labute approximate surface area is 247 Å². The minimum absolute atomic E-state index is 0.0646. The molecule has 4 aromatic rings. The molecular weight excluding hydrogens is 554 g/mol. The van der Waals surface area contributed by atoms with Gasteiger partial charge in [-0.2, -0.15) is 0 Å². The van der Waals surface area contributed by atoms with E-state index in [1.54, 1.807) is 25.3 Å². The number of esters is 2. The average Bonchev–Trinajstić information content (AvgIpc) is 3.41. The van der Waals surface area contributed by atoms with Crippen LogP contribution in [0.5, 0.6) is 5.75 Å². The number of rotatable bonds is 9. The van der Waals surface area contributed by atoms with Crippen molar-refractivity contribution in [3.05, 3.63) is 96.3 Å². The Morgan fingerprint density at radius 1 is 0.976 bits per heavy atom. The van der Waals surface area contributed by atoms with Gasteiger partial charge in [-0.1, -0.05) is 41.7 Å². The van der Waals surface area contributed by atoms with E-state index in [-0.39, 0.29) is 24.7 Å². The van der Waals surface area contributed by atoms with Crippen molar-refractivity contribution in [1.29, 1.82) is 0 Å². The summed E-state index contributed by atoms with van der Waals surface area (Å²) in [4.78, 5) is 44.9. The Morgan fingerprint density at radius 3 is 2.38 bits per heavy atom. The third-order valence-electron chi connectivity index (χ3n) is 7.17. The molecule has 9 nitrogen and oxygen atoms in total. The van der Waals surface area contributed by atoms with Crippen molar-refractivity contribution in [2.24, 2.45) is 4.99 Å². The minimum Gasteiger partial charge on any atom is -0.494 e. The number of aromatic nitrogens is 2. The van der Waals surface area contributed by atoms with Crippen LogP contribution in [-0.4, -0.2) is 40.9 Å². The van der Waals surface area contributed by atoms with Gasteiger partial charge in [0.25, 0.3) is 5.56 Å². The second-order valence-electron chi connectivity index (χ2n) is 9.71. The summed E-state index contributed by atoms with van der Waals surface area (Å²) in [5.74, 6) is -0.142. The maximum Gasteiger partial charge on any atom is 0.338 e. The Morgan fingerprint density at radius 2 is 1.69 bits per heavy atom. The Bertz CT molecular complexity index is 1880. The molecule has 0 radical (unpaired) electrons. The number of allylic oxidation sites excluding steroid dienone is 1. The zero-order valence-corrected chi connectivity index (χ0v) is 25.1. The van der Waals surface area contributed by atoms with Gasteiger partial charge in [0.05, 0.1) is 41.7 Å². The lowest BCUT2D eigenvalue weighted by molar-refractivity contribution is -0.143. The van der Waals surface area contributed by atoms with Gasteiger partial charge >= 0.3 is 11.9 Å². The van der Waals surface area contributed by atoms with E-state index in [1.165, 1.54) is 11.3 Å². The summed E-state index contributed by atoms with van der Waals surface area (Å²) >= 11 is 1.26. The highest BCUT2D eigenvalue weighted by Crippen LogP contribution is 2.32. The van der Waals surface area contributed by atoms with Crippen molar-refractivity contribution in [2.75, 3.05) is 19.8 Å². The van der Waals surface area contributed by atoms with Gasteiger partial charge in [0.2, 0.25) is 0 Å². The highest BCUT2D eigenvalue weighted by atomic mass is 32.1. The van der Waals surface area contributed by atoms with E-state index in [2.05, 4.69) is 4.99 Å². The SMILES string of the molecule is CCOC(=O)Cn1c(C)c(/C=c2\sc3n(c2=O)[C@@H](c2ccc(OCC)cc2)C(C(=O)OCC)=C(C)N=3)c2ccccc21. The predicted octanol–water partition coefficient (Wildman–Crippen LogP) is 4.02. The van der Waals surface area contributed by atoms with Gasteiger partial charge < -0.3 is 18.8 Å². The summed E-state index contributed by atoms with van der Waals surface area (Å²) in [5, 5.41) is 0.914. The maximum atomic E-state index is 14.1. The molecular formula is C32H33N3O6S. The van der Waals surface area contributed by atoms with E-state index in [4.69, 9.17) is 14.2 Å². The highest BCUT2D eigenvalue weighted by Gasteiger charge is 2.33. The Hall–Kier alpha value is -4.44. The van der Waals surface area contributed by atoms with Crippen LogP contribution in [0.15, 0.2) is 69.6 Å². The molecule has 42 heavy (non-hydrogen) atoms. The summed E-state index contributed by atoms with van der Waals surface area (Å²) in [6, 6.07) is 14.4. The van der Waals surface area contributed by atoms with E-state index in [0.29, 0.717) is 39.6 Å². The number of benzene rings is 2. The van der Waals surface area contributed by atoms with Crippen LogP contribution in [0.1, 0.15) is 50.6 Å². The molecule has 0 spiro atoms. The van der Waals surface area contributed by atoms with Crippen LogP contribution < -0.4 is 19.6 Å². The summed E-state index contributed by atoms with van der Waals surface area (Å²) < 4.78 is 20.1. The number of para-hydroxylation sites is 1. The van der Waals surface area contributed by atoms with Crippen LogP contribution in [0.25, 0.3) is 17.0 Å². The molecule has 218 valence electrons. The lowest BCUT2D eigenvalue weighted by Gasteiger charge is -2.24. The summed E-state index contributed by atoms with van der Waals surface area (Å²) in [6.07, 6.45) is 1.85. The zero-order chi connectivity index (χ0) is 30.0. The Balaban J connectivity index is 1.70. The molecule has 1 atom stereocenters. The van der Waals surface area contributed by atoms with Crippen molar-refractivity contribution < 1.29 is 23.8 Å². The number of hydrogen-bond donors (Lipinski definition) is 0. The molecule has 10 heteroatoms. The molecule has 0 bridgehead atoms. The summed E-state index contributed by atoms with van der Waals surface area (Å²) in [6.45, 7) is 10.2. The Kier molecular flexibility index (Phi) is 8.44. The lowest BCUT2D eigenvalue weighted by atomic mass is 9.96. The average molecular weight is 588 g/mol. The molecule has 3 heterocycles. The van der Waals surface area contributed by atoms with E-state index in [1.807, 2.05) is 73.0 Å². The second kappa shape index (κ2) is 12.2. The van der Waals surface area contributed by atoms with Gasteiger partial charge in [-0.15, -0.1) is 0 Å². The first-order chi connectivity index (χ1) is 20.3. The van der Waals surface area contributed by atoms with Crippen molar-refractivity contribution in [3.8, 4) is 5.75 Å². The smallest absolute Gasteiger partial charge is 0.338 e. The van der Waals surface area contributed by atoms with Gasteiger partial charge in [0.1, 0.15) is 12.3 Å². The molecule has 2 aromatic heterocycles. The van der Waals surface area contributed by atoms with E-state index < -0.39 is 12.0 Å². The molecule has 1 aliphatic heterocycles. The van der Waals surface area contributed by atoms with Crippen LogP contribution in [-0.2, 0) is 25.6 Å². The molecule has 5 rings (SSSR count). The topological polar surface area (TPSA) is 101 Å². The fourth-order valence-electron chi connectivity index (χ4n) is 5.33. The third-order valence-corrected chi connectivity index (χ3v) is 8.15. The number of ether oxygens (including phenoxy) is 3. The summed E-state index contributed by atoms with van der Waals surface area (Å²) in [5.41, 5.74) is 3.83. The van der Waals surface area contributed by atoms with Crippen molar-refractivity contribution in [2.45, 2.75) is 47.2 Å². The molecule has 0 saturated carbocycles.